The van der Waals surface area contributed by atoms with E-state index in [1.807, 2.05) is 55.5 Å². The zero-order valence-corrected chi connectivity index (χ0v) is 17.9. The first kappa shape index (κ1) is 20.7. The van der Waals surface area contributed by atoms with Crippen molar-refractivity contribution in [2.45, 2.75) is 13.5 Å². The fraction of sp³-hybridized carbons (Fsp3) is 0.174. The van der Waals surface area contributed by atoms with Crippen LogP contribution in [0.15, 0.2) is 71.2 Å². The molecule has 3 rings (SSSR count). The Labute approximate surface area is 178 Å². The smallest absolute Gasteiger partial charge is 0.255 e. The fourth-order valence-corrected chi connectivity index (χ4v) is 3.02. The molecule has 0 spiro atoms. The predicted octanol–water partition coefficient (Wildman–Crippen LogP) is 5.69. The van der Waals surface area contributed by atoms with Crippen LogP contribution in [0.3, 0.4) is 0 Å². The Morgan fingerprint density at radius 2 is 1.66 bits per heavy atom. The van der Waals surface area contributed by atoms with E-state index >= 15 is 0 Å². The summed E-state index contributed by atoms with van der Waals surface area (Å²) in [6, 6.07) is 20.2. The molecule has 3 aromatic carbocycles. The van der Waals surface area contributed by atoms with Crippen molar-refractivity contribution in [2.75, 3.05) is 19.0 Å². The van der Waals surface area contributed by atoms with Gasteiger partial charge < -0.3 is 19.5 Å². The van der Waals surface area contributed by atoms with E-state index in [0.717, 1.165) is 15.7 Å². The highest BCUT2D eigenvalue weighted by molar-refractivity contribution is 9.10. The lowest BCUT2D eigenvalue weighted by molar-refractivity contribution is 0.102. The number of hydrogen-bond acceptors (Lipinski definition) is 4. The summed E-state index contributed by atoms with van der Waals surface area (Å²) in [6.45, 7) is 2.68. The molecule has 0 fully saturated rings. The van der Waals surface area contributed by atoms with Crippen molar-refractivity contribution in [1.82, 2.24) is 0 Å². The van der Waals surface area contributed by atoms with E-state index in [1.165, 1.54) is 0 Å². The Morgan fingerprint density at radius 3 is 2.34 bits per heavy atom. The van der Waals surface area contributed by atoms with Gasteiger partial charge in [0.15, 0.2) is 11.5 Å². The SMILES string of the molecule is CCOc1ccc(C(=O)Nc2ccc(Br)cc2)cc1COc1ccccc1OC. The highest BCUT2D eigenvalue weighted by Gasteiger charge is 2.13. The summed E-state index contributed by atoms with van der Waals surface area (Å²) in [5.41, 5.74) is 2.02. The third-order valence-corrected chi connectivity index (χ3v) is 4.71. The Morgan fingerprint density at radius 1 is 0.931 bits per heavy atom. The molecule has 0 aliphatic heterocycles. The monoisotopic (exact) mass is 455 g/mol. The van der Waals surface area contributed by atoms with Gasteiger partial charge in [0, 0.05) is 21.3 Å². The van der Waals surface area contributed by atoms with Crippen molar-refractivity contribution in [1.29, 1.82) is 0 Å². The summed E-state index contributed by atoms with van der Waals surface area (Å²) >= 11 is 3.39. The second kappa shape index (κ2) is 9.98. The Hall–Kier alpha value is -2.99. The number of para-hydroxylation sites is 2. The van der Waals surface area contributed by atoms with Gasteiger partial charge in [-0.25, -0.2) is 0 Å². The van der Waals surface area contributed by atoms with Crippen molar-refractivity contribution in [3.8, 4) is 17.2 Å². The number of ether oxygens (including phenoxy) is 3. The van der Waals surface area contributed by atoms with Crippen LogP contribution in [0.5, 0.6) is 17.2 Å². The van der Waals surface area contributed by atoms with Crippen molar-refractivity contribution >= 4 is 27.5 Å². The number of benzene rings is 3. The lowest BCUT2D eigenvalue weighted by Gasteiger charge is -2.15. The molecule has 0 unspecified atom stereocenters. The summed E-state index contributed by atoms with van der Waals surface area (Å²) in [4.78, 5) is 12.7. The number of anilines is 1. The molecule has 1 N–H and O–H groups in total. The number of hydrogen-bond donors (Lipinski definition) is 1. The molecular formula is C23H22BrNO4. The molecule has 29 heavy (non-hydrogen) atoms. The van der Waals surface area contributed by atoms with Crippen molar-refractivity contribution < 1.29 is 19.0 Å². The third kappa shape index (κ3) is 5.51. The van der Waals surface area contributed by atoms with Gasteiger partial charge in [-0.2, -0.15) is 0 Å². The molecular weight excluding hydrogens is 434 g/mol. The molecule has 0 bridgehead atoms. The molecule has 0 heterocycles. The summed E-state index contributed by atoms with van der Waals surface area (Å²) < 4.78 is 17.9. The van der Waals surface area contributed by atoms with Crippen molar-refractivity contribution in [3.05, 3.63) is 82.3 Å². The summed E-state index contributed by atoms with van der Waals surface area (Å²) in [5.74, 6) is 1.76. The van der Waals surface area contributed by atoms with Crippen LogP contribution in [0.2, 0.25) is 0 Å². The largest absolute Gasteiger partial charge is 0.493 e. The molecule has 6 heteroatoms. The molecule has 0 aromatic heterocycles. The number of carbonyl (C=O) groups excluding carboxylic acids is 1. The van der Waals surface area contributed by atoms with E-state index in [2.05, 4.69) is 21.2 Å². The average Bonchev–Trinajstić information content (AvgIpc) is 2.75. The molecule has 0 aliphatic rings. The number of halogens is 1. The van der Waals surface area contributed by atoms with Gasteiger partial charge in [-0.15, -0.1) is 0 Å². The first-order valence-corrected chi connectivity index (χ1v) is 9.98. The number of nitrogens with one attached hydrogen (secondary N) is 1. The average molecular weight is 456 g/mol. The number of methoxy groups -OCH3 is 1. The van der Waals surface area contributed by atoms with Gasteiger partial charge in [0.05, 0.1) is 13.7 Å². The van der Waals surface area contributed by atoms with Gasteiger partial charge in [0.25, 0.3) is 5.91 Å². The topological polar surface area (TPSA) is 56.8 Å². The molecule has 150 valence electrons. The maximum absolute atomic E-state index is 12.7. The summed E-state index contributed by atoms with van der Waals surface area (Å²) in [5, 5.41) is 2.89. The van der Waals surface area contributed by atoms with Crippen LogP contribution in [-0.4, -0.2) is 19.6 Å². The van der Waals surface area contributed by atoms with Crippen LogP contribution >= 0.6 is 15.9 Å². The number of carbonyl (C=O) groups is 1. The maximum atomic E-state index is 12.7. The van der Waals surface area contributed by atoms with Gasteiger partial charge in [0.2, 0.25) is 0 Å². The first-order valence-electron chi connectivity index (χ1n) is 9.19. The van der Waals surface area contributed by atoms with Gasteiger partial charge in [-0.1, -0.05) is 28.1 Å². The molecule has 0 saturated heterocycles. The van der Waals surface area contributed by atoms with Gasteiger partial charge in [-0.3, -0.25) is 4.79 Å². The minimum Gasteiger partial charge on any atom is -0.493 e. The molecule has 0 radical (unpaired) electrons. The minimum absolute atomic E-state index is 0.200. The summed E-state index contributed by atoms with van der Waals surface area (Å²) in [7, 11) is 1.60. The standard InChI is InChI=1S/C23H22BrNO4/c1-3-28-20-13-8-16(23(26)25-19-11-9-18(24)10-12-19)14-17(20)15-29-22-7-5-4-6-21(22)27-2/h4-14H,3,15H2,1-2H3,(H,25,26). The molecule has 0 atom stereocenters. The number of amides is 1. The maximum Gasteiger partial charge on any atom is 0.255 e. The zero-order valence-electron chi connectivity index (χ0n) is 16.3. The van der Waals surface area contributed by atoms with Crippen molar-refractivity contribution in [2.24, 2.45) is 0 Å². The summed E-state index contributed by atoms with van der Waals surface area (Å²) in [6.07, 6.45) is 0. The van der Waals surface area contributed by atoms with Gasteiger partial charge in [0.1, 0.15) is 12.4 Å². The van der Waals surface area contributed by atoms with E-state index in [9.17, 15) is 4.79 Å². The van der Waals surface area contributed by atoms with E-state index in [1.54, 1.807) is 25.3 Å². The molecule has 1 amide bonds. The second-order valence-corrected chi connectivity index (χ2v) is 7.07. The Balaban J connectivity index is 1.79. The lowest BCUT2D eigenvalue weighted by atomic mass is 10.1. The quantitative estimate of drug-likeness (QED) is 0.474. The van der Waals surface area contributed by atoms with Gasteiger partial charge in [-0.05, 0) is 61.5 Å². The van der Waals surface area contributed by atoms with E-state index in [4.69, 9.17) is 14.2 Å². The van der Waals surface area contributed by atoms with Crippen LogP contribution in [0.1, 0.15) is 22.8 Å². The fourth-order valence-electron chi connectivity index (χ4n) is 2.76. The minimum atomic E-state index is -0.200. The van der Waals surface area contributed by atoms with Crippen LogP contribution in [-0.2, 0) is 6.61 Å². The molecule has 0 aliphatic carbocycles. The zero-order chi connectivity index (χ0) is 20.6. The first-order chi connectivity index (χ1) is 14.1. The van der Waals surface area contributed by atoms with Crippen LogP contribution in [0, 0.1) is 0 Å². The number of rotatable bonds is 8. The lowest BCUT2D eigenvalue weighted by Crippen LogP contribution is -2.13. The van der Waals surface area contributed by atoms with E-state index < -0.39 is 0 Å². The molecule has 0 saturated carbocycles. The molecule has 5 nitrogen and oxygen atoms in total. The normalized spacial score (nSPS) is 10.3. The van der Waals surface area contributed by atoms with Gasteiger partial charge >= 0.3 is 0 Å². The van der Waals surface area contributed by atoms with Crippen LogP contribution in [0.25, 0.3) is 0 Å². The third-order valence-electron chi connectivity index (χ3n) is 4.18. The van der Waals surface area contributed by atoms with Crippen molar-refractivity contribution in [3.63, 3.8) is 0 Å². The molecule has 3 aromatic rings. The van der Waals surface area contributed by atoms with Crippen LogP contribution in [0.4, 0.5) is 5.69 Å². The van der Waals surface area contributed by atoms with E-state index in [-0.39, 0.29) is 12.5 Å². The second-order valence-electron chi connectivity index (χ2n) is 6.16. The highest BCUT2D eigenvalue weighted by atomic mass is 79.9. The Kier molecular flexibility index (Phi) is 7.14. The Bertz CT molecular complexity index is 973. The van der Waals surface area contributed by atoms with Crippen LogP contribution < -0.4 is 19.5 Å². The highest BCUT2D eigenvalue weighted by Crippen LogP contribution is 2.29. The predicted molar refractivity (Wildman–Crippen MR) is 117 cm³/mol. The van der Waals surface area contributed by atoms with E-state index in [0.29, 0.717) is 29.4 Å².